The zero-order valence-corrected chi connectivity index (χ0v) is 9.54. The summed E-state index contributed by atoms with van der Waals surface area (Å²) in [6.07, 6.45) is -0.957. The number of nitrogens with zero attached hydrogens (tertiary/aromatic N) is 3. The van der Waals surface area contributed by atoms with Crippen molar-refractivity contribution in [2.24, 2.45) is 5.73 Å². The summed E-state index contributed by atoms with van der Waals surface area (Å²) >= 11 is 0. The fraction of sp³-hybridized carbons (Fsp3) is 0.667. The lowest BCUT2D eigenvalue weighted by molar-refractivity contribution is 0.0945. The first kappa shape index (κ1) is 12.6. The molecule has 1 aromatic rings. The molecular formula is C9H16N4O3. The minimum atomic E-state index is -0.657. The topological polar surface area (TPSA) is 103 Å². The SMILES string of the molecule is COC(C)c1c(C(N)=O)nnn1CC(C)O. The van der Waals surface area contributed by atoms with Gasteiger partial charge in [0.2, 0.25) is 0 Å². The molecule has 1 heterocycles. The summed E-state index contributed by atoms with van der Waals surface area (Å²) in [7, 11) is 1.51. The zero-order chi connectivity index (χ0) is 12.3. The van der Waals surface area contributed by atoms with Gasteiger partial charge in [0.05, 0.1) is 18.8 Å². The molecule has 2 atom stereocenters. The molecule has 0 spiro atoms. The molecule has 7 heteroatoms. The lowest BCUT2D eigenvalue weighted by Crippen LogP contribution is -2.20. The minimum absolute atomic E-state index is 0.0787. The van der Waals surface area contributed by atoms with E-state index in [1.54, 1.807) is 13.8 Å². The van der Waals surface area contributed by atoms with Gasteiger partial charge in [-0.1, -0.05) is 5.21 Å². The molecule has 3 N–H and O–H groups in total. The third-order valence-electron chi connectivity index (χ3n) is 2.18. The number of carbonyl (C=O) groups is 1. The van der Waals surface area contributed by atoms with Gasteiger partial charge in [-0.25, -0.2) is 4.68 Å². The molecule has 0 saturated carbocycles. The van der Waals surface area contributed by atoms with Gasteiger partial charge in [0.1, 0.15) is 5.69 Å². The highest BCUT2D eigenvalue weighted by Gasteiger charge is 2.22. The summed E-state index contributed by atoms with van der Waals surface area (Å²) in [4.78, 5) is 11.1. The van der Waals surface area contributed by atoms with E-state index in [1.807, 2.05) is 0 Å². The molecule has 0 radical (unpaired) electrons. The quantitative estimate of drug-likeness (QED) is 0.704. The summed E-state index contributed by atoms with van der Waals surface area (Å²) in [5, 5.41) is 16.7. The highest BCUT2D eigenvalue weighted by Crippen LogP contribution is 2.18. The van der Waals surface area contributed by atoms with E-state index in [0.717, 1.165) is 0 Å². The number of nitrogens with two attached hydrogens (primary N) is 1. The van der Waals surface area contributed by atoms with Gasteiger partial charge in [-0.15, -0.1) is 5.10 Å². The van der Waals surface area contributed by atoms with Gasteiger partial charge in [0.15, 0.2) is 5.69 Å². The van der Waals surface area contributed by atoms with Crippen molar-refractivity contribution in [3.8, 4) is 0 Å². The van der Waals surface area contributed by atoms with Crippen molar-refractivity contribution < 1.29 is 14.6 Å². The molecule has 0 bridgehead atoms. The van der Waals surface area contributed by atoms with Gasteiger partial charge in [-0.3, -0.25) is 4.79 Å². The molecule has 0 saturated heterocycles. The van der Waals surface area contributed by atoms with Crippen LogP contribution in [0.25, 0.3) is 0 Å². The Morgan fingerprint density at radius 1 is 1.62 bits per heavy atom. The number of amides is 1. The van der Waals surface area contributed by atoms with Crippen LogP contribution >= 0.6 is 0 Å². The number of hydrogen-bond donors (Lipinski definition) is 2. The summed E-state index contributed by atoms with van der Waals surface area (Å²) in [5.74, 6) is -0.657. The molecule has 0 aliphatic heterocycles. The van der Waals surface area contributed by atoms with Crippen LogP contribution in [-0.2, 0) is 11.3 Å². The van der Waals surface area contributed by atoms with Crippen LogP contribution in [0.5, 0.6) is 0 Å². The van der Waals surface area contributed by atoms with Crippen LogP contribution in [0.2, 0.25) is 0 Å². The molecule has 0 aliphatic rings. The Labute approximate surface area is 93.2 Å². The zero-order valence-electron chi connectivity index (χ0n) is 9.54. The Hall–Kier alpha value is -1.47. The van der Waals surface area contributed by atoms with Gasteiger partial charge in [-0.05, 0) is 13.8 Å². The van der Waals surface area contributed by atoms with Gasteiger partial charge in [-0.2, -0.15) is 0 Å². The first-order valence-electron chi connectivity index (χ1n) is 4.91. The van der Waals surface area contributed by atoms with E-state index in [-0.39, 0.29) is 18.3 Å². The van der Waals surface area contributed by atoms with E-state index >= 15 is 0 Å². The highest BCUT2D eigenvalue weighted by molar-refractivity contribution is 5.91. The van der Waals surface area contributed by atoms with Gasteiger partial charge >= 0.3 is 0 Å². The van der Waals surface area contributed by atoms with E-state index < -0.39 is 12.0 Å². The van der Waals surface area contributed by atoms with Gasteiger partial charge in [0, 0.05) is 7.11 Å². The highest BCUT2D eigenvalue weighted by atomic mass is 16.5. The van der Waals surface area contributed by atoms with E-state index in [4.69, 9.17) is 10.5 Å². The number of aliphatic hydroxyl groups is 1. The fourth-order valence-electron chi connectivity index (χ4n) is 1.40. The maximum Gasteiger partial charge on any atom is 0.271 e. The lowest BCUT2D eigenvalue weighted by atomic mass is 10.2. The van der Waals surface area contributed by atoms with Crippen molar-refractivity contribution in [2.75, 3.05) is 7.11 Å². The normalized spacial score (nSPS) is 14.8. The van der Waals surface area contributed by atoms with E-state index in [2.05, 4.69) is 10.3 Å². The number of primary amides is 1. The molecule has 7 nitrogen and oxygen atoms in total. The maximum absolute atomic E-state index is 11.1. The lowest BCUT2D eigenvalue weighted by Gasteiger charge is -2.13. The fourth-order valence-corrected chi connectivity index (χ4v) is 1.40. The third-order valence-corrected chi connectivity index (χ3v) is 2.18. The maximum atomic E-state index is 11.1. The van der Waals surface area contributed by atoms with E-state index in [9.17, 15) is 9.90 Å². The second kappa shape index (κ2) is 5.04. The average molecular weight is 228 g/mol. The summed E-state index contributed by atoms with van der Waals surface area (Å²) in [6.45, 7) is 3.61. The van der Waals surface area contributed by atoms with Crippen molar-refractivity contribution in [1.82, 2.24) is 15.0 Å². The molecule has 90 valence electrons. The summed E-state index contributed by atoms with van der Waals surface area (Å²) in [6, 6.07) is 0. The summed E-state index contributed by atoms with van der Waals surface area (Å²) < 4.78 is 6.55. The first-order chi connectivity index (χ1) is 7.47. The number of carbonyl (C=O) groups excluding carboxylic acids is 1. The smallest absolute Gasteiger partial charge is 0.271 e. The predicted molar refractivity (Wildman–Crippen MR) is 55.6 cm³/mol. The summed E-state index contributed by atoms with van der Waals surface area (Å²) in [5.41, 5.74) is 5.74. The van der Waals surface area contributed by atoms with Gasteiger partial charge < -0.3 is 15.6 Å². The standard InChI is InChI=1S/C9H16N4O3/c1-5(14)4-13-8(6(2)16-3)7(9(10)15)11-12-13/h5-6,14H,4H2,1-3H3,(H2,10,15). The van der Waals surface area contributed by atoms with Crippen molar-refractivity contribution in [3.05, 3.63) is 11.4 Å². The molecule has 2 unspecified atom stereocenters. The number of aromatic nitrogens is 3. The monoisotopic (exact) mass is 228 g/mol. The average Bonchev–Trinajstić information content (AvgIpc) is 2.59. The molecule has 0 fully saturated rings. The third kappa shape index (κ3) is 2.56. The van der Waals surface area contributed by atoms with Crippen LogP contribution in [-0.4, -0.2) is 39.2 Å². The first-order valence-corrected chi connectivity index (χ1v) is 4.91. The Morgan fingerprint density at radius 3 is 2.69 bits per heavy atom. The van der Waals surface area contributed by atoms with Crippen LogP contribution in [0.1, 0.15) is 36.1 Å². The molecule has 1 rings (SSSR count). The number of hydrogen-bond acceptors (Lipinski definition) is 5. The Kier molecular flexibility index (Phi) is 3.97. The van der Waals surface area contributed by atoms with Crippen LogP contribution in [0.4, 0.5) is 0 Å². The molecular weight excluding hydrogens is 212 g/mol. The van der Waals surface area contributed by atoms with E-state index in [1.165, 1.54) is 11.8 Å². The van der Waals surface area contributed by atoms with Crippen molar-refractivity contribution in [2.45, 2.75) is 32.6 Å². The number of rotatable bonds is 5. The predicted octanol–water partition coefficient (Wildman–Crippen LogP) is -0.535. The Morgan fingerprint density at radius 2 is 2.25 bits per heavy atom. The molecule has 16 heavy (non-hydrogen) atoms. The Bertz CT molecular complexity index is 375. The molecule has 0 aromatic carbocycles. The van der Waals surface area contributed by atoms with Crippen molar-refractivity contribution in [3.63, 3.8) is 0 Å². The van der Waals surface area contributed by atoms with Crippen LogP contribution in [0.3, 0.4) is 0 Å². The Balaban J connectivity index is 3.14. The second-order valence-corrected chi connectivity index (χ2v) is 3.60. The van der Waals surface area contributed by atoms with E-state index in [0.29, 0.717) is 5.69 Å². The number of ether oxygens (including phenoxy) is 1. The molecule has 1 aromatic heterocycles. The second-order valence-electron chi connectivity index (χ2n) is 3.60. The van der Waals surface area contributed by atoms with Crippen molar-refractivity contribution >= 4 is 5.91 Å². The number of aliphatic hydroxyl groups excluding tert-OH is 1. The van der Waals surface area contributed by atoms with Crippen LogP contribution in [0.15, 0.2) is 0 Å². The minimum Gasteiger partial charge on any atom is -0.391 e. The molecule has 0 aliphatic carbocycles. The van der Waals surface area contributed by atoms with Gasteiger partial charge in [0.25, 0.3) is 5.91 Å². The molecule has 1 amide bonds. The number of methoxy groups -OCH3 is 1. The van der Waals surface area contributed by atoms with Crippen LogP contribution in [0, 0.1) is 0 Å². The van der Waals surface area contributed by atoms with Crippen molar-refractivity contribution in [1.29, 1.82) is 0 Å². The largest absolute Gasteiger partial charge is 0.391 e. The van der Waals surface area contributed by atoms with Crippen LogP contribution < -0.4 is 5.73 Å².